The Labute approximate surface area is 190 Å². The van der Waals surface area contributed by atoms with Gasteiger partial charge in [0.05, 0.1) is 6.07 Å². The Balaban J connectivity index is 1.63. The van der Waals surface area contributed by atoms with Crippen LogP contribution in [0.1, 0.15) is 30.1 Å². The number of halogens is 3. The third-order valence-electron chi connectivity index (χ3n) is 4.92. The number of hydrogen-bond donors (Lipinski definition) is 1. The number of aliphatic hydroxyl groups excluding tert-OH is 1. The summed E-state index contributed by atoms with van der Waals surface area (Å²) < 4.78 is 51.5. The van der Waals surface area contributed by atoms with Gasteiger partial charge < -0.3 is 14.2 Å². The number of alkyl halides is 3. The fraction of sp³-hybridized carbons (Fsp3) is 0.174. The van der Waals surface area contributed by atoms with Crippen molar-refractivity contribution in [3.05, 3.63) is 65.7 Å². The highest BCUT2D eigenvalue weighted by Crippen LogP contribution is 2.43. The van der Waals surface area contributed by atoms with Crippen molar-refractivity contribution < 1.29 is 32.1 Å². The molecule has 4 rings (SSSR count). The minimum absolute atomic E-state index is 0.00680. The molecule has 11 heteroatoms. The van der Waals surface area contributed by atoms with Crippen LogP contribution in [-0.4, -0.2) is 26.2 Å². The number of aromatic nitrogens is 3. The van der Waals surface area contributed by atoms with Gasteiger partial charge in [0.1, 0.15) is 17.4 Å². The van der Waals surface area contributed by atoms with E-state index in [1.807, 2.05) is 6.07 Å². The first-order valence-electron chi connectivity index (χ1n) is 9.94. The summed E-state index contributed by atoms with van der Waals surface area (Å²) in [6.07, 6.45) is -6.29. The third-order valence-corrected chi connectivity index (χ3v) is 4.92. The first-order valence-corrected chi connectivity index (χ1v) is 9.94. The molecule has 172 valence electrons. The van der Waals surface area contributed by atoms with Crippen LogP contribution in [-0.2, 0) is 11.0 Å². The number of carbonyl (C=O) groups excluding carboxylic acids is 1. The molecule has 1 atom stereocenters. The molecule has 1 unspecified atom stereocenters. The molecule has 0 aliphatic heterocycles. The SMILES string of the molecule is N#CCCC(=O)C(O)c1ccc(-c2noc(-c3onc(-c4ccccc4)c3C(F)(F)F)n2)cc1. The van der Waals surface area contributed by atoms with E-state index in [4.69, 9.17) is 14.3 Å². The quantitative estimate of drug-likeness (QED) is 0.402. The third kappa shape index (κ3) is 4.57. The summed E-state index contributed by atoms with van der Waals surface area (Å²) in [5.41, 5.74) is -0.669. The van der Waals surface area contributed by atoms with Gasteiger partial charge in [0.15, 0.2) is 5.78 Å². The van der Waals surface area contributed by atoms with Gasteiger partial charge in [0.25, 0.3) is 5.89 Å². The Bertz CT molecular complexity index is 1340. The molecule has 4 aromatic rings. The smallest absolute Gasteiger partial charge is 0.381 e. The Morgan fingerprint density at radius 1 is 1.03 bits per heavy atom. The molecule has 0 aliphatic rings. The molecule has 1 N–H and O–H groups in total. The summed E-state index contributed by atoms with van der Waals surface area (Å²) >= 11 is 0. The lowest BCUT2D eigenvalue weighted by Gasteiger charge is -2.09. The second-order valence-corrected chi connectivity index (χ2v) is 7.17. The maximum Gasteiger partial charge on any atom is 0.422 e. The van der Waals surface area contributed by atoms with Crippen LogP contribution in [0.5, 0.6) is 0 Å². The van der Waals surface area contributed by atoms with E-state index in [1.165, 1.54) is 36.4 Å². The average molecular weight is 468 g/mol. The second kappa shape index (κ2) is 9.29. The minimum Gasteiger partial charge on any atom is -0.381 e. The normalized spacial score (nSPS) is 12.3. The number of ketones is 1. The minimum atomic E-state index is -4.80. The van der Waals surface area contributed by atoms with Crippen LogP contribution >= 0.6 is 0 Å². The van der Waals surface area contributed by atoms with Gasteiger partial charge in [0, 0.05) is 24.0 Å². The summed E-state index contributed by atoms with van der Waals surface area (Å²) in [5.74, 6) is -1.75. The van der Waals surface area contributed by atoms with Crippen molar-refractivity contribution in [3.8, 4) is 40.4 Å². The van der Waals surface area contributed by atoms with Gasteiger partial charge in [-0.25, -0.2) is 0 Å². The van der Waals surface area contributed by atoms with E-state index in [0.717, 1.165) is 0 Å². The molecule has 2 aromatic heterocycles. The van der Waals surface area contributed by atoms with Gasteiger partial charge in [-0.3, -0.25) is 4.79 Å². The Hall–Kier alpha value is -4.30. The Morgan fingerprint density at radius 3 is 2.38 bits per heavy atom. The summed E-state index contributed by atoms with van der Waals surface area (Å²) in [5, 5.41) is 25.9. The number of nitriles is 1. The van der Waals surface area contributed by atoms with Crippen LogP contribution in [0.4, 0.5) is 13.2 Å². The van der Waals surface area contributed by atoms with Crippen molar-refractivity contribution in [2.24, 2.45) is 0 Å². The molecule has 34 heavy (non-hydrogen) atoms. The molecule has 0 bridgehead atoms. The largest absolute Gasteiger partial charge is 0.422 e. The molecule has 0 spiro atoms. The average Bonchev–Trinajstić information content (AvgIpc) is 3.50. The number of aliphatic hydroxyl groups is 1. The van der Waals surface area contributed by atoms with E-state index < -0.39 is 41.0 Å². The highest BCUT2D eigenvalue weighted by Gasteiger charge is 2.42. The van der Waals surface area contributed by atoms with E-state index in [9.17, 15) is 23.1 Å². The maximum absolute atomic E-state index is 13.8. The zero-order chi connectivity index (χ0) is 24.3. The number of Topliss-reactive ketones (excluding diaryl/α,β-unsaturated/α-hetero) is 1. The summed E-state index contributed by atoms with van der Waals surface area (Å²) in [7, 11) is 0. The van der Waals surface area contributed by atoms with Crippen molar-refractivity contribution in [2.75, 3.05) is 0 Å². The van der Waals surface area contributed by atoms with Gasteiger partial charge in [-0.2, -0.15) is 23.4 Å². The number of nitrogens with zero attached hydrogens (tertiary/aromatic N) is 4. The summed E-state index contributed by atoms with van der Waals surface area (Å²) in [6.45, 7) is 0. The van der Waals surface area contributed by atoms with Crippen LogP contribution < -0.4 is 0 Å². The first kappa shape index (κ1) is 22.9. The van der Waals surface area contributed by atoms with Crippen molar-refractivity contribution in [1.82, 2.24) is 15.3 Å². The van der Waals surface area contributed by atoms with E-state index in [-0.39, 0.29) is 29.8 Å². The summed E-state index contributed by atoms with van der Waals surface area (Å²) in [6, 6.07) is 15.4. The number of carbonyl (C=O) groups is 1. The predicted molar refractivity (Wildman–Crippen MR) is 110 cm³/mol. The first-order chi connectivity index (χ1) is 16.3. The van der Waals surface area contributed by atoms with Crippen LogP contribution in [0.3, 0.4) is 0 Å². The molecular formula is C23H15F3N4O4. The van der Waals surface area contributed by atoms with Crippen LogP contribution in [0.2, 0.25) is 0 Å². The highest BCUT2D eigenvalue weighted by molar-refractivity contribution is 5.84. The molecule has 0 amide bonds. The monoisotopic (exact) mass is 468 g/mol. The number of rotatable bonds is 7. The van der Waals surface area contributed by atoms with Crippen molar-refractivity contribution in [2.45, 2.75) is 25.1 Å². The zero-order valence-electron chi connectivity index (χ0n) is 17.3. The van der Waals surface area contributed by atoms with E-state index in [1.54, 1.807) is 18.2 Å². The van der Waals surface area contributed by atoms with Crippen molar-refractivity contribution >= 4 is 5.78 Å². The second-order valence-electron chi connectivity index (χ2n) is 7.17. The van der Waals surface area contributed by atoms with Gasteiger partial charge in [0.2, 0.25) is 11.6 Å². The van der Waals surface area contributed by atoms with Crippen molar-refractivity contribution in [3.63, 3.8) is 0 Å². The molecule has 2 heterocycles. The highest BCUT2D eigenvalue weighted by atomic mass is 19.4. The molecule has 0 radical (unpaired) electrons. The molecule has 2 aromatic carbocycles. The van der Waals surface area contributed by atoms with Crippen LogP contribution in [0, 0.1) is 11.3 Å². The van der Waals surface area contributed by atoms with E-state index >= 15 is 0 Å². The molecular weight excluding hydrogens is 453 g/mol. The molecule has 0 aliphatic carbocycles. The lowest BCUT2D eigenvalue weighted by atomic mass is 10.0. The fourth-order valence-electron chi connectivity index (χ4n) is 3.24. The Morgan fingerprint density at radius 2 is 1.74 bits per heavy atom. The lowest BCUT2D eigenvalue weighted by molar-refractivity contribution is -0.137. The number of benzene rings is 2. The van der Waals surface area contributed by atoms with Gasteiger partial charge in [-0.05, 0) is 5.56 Å². The molecule has 8 nitrogen and oxygen atoms in total. The Kier molecular flexibility index (Phi) is 6.25. The van der Waals surface area contributed by atoms with E-state index in [2.05, 4.69) is 15.3 Å². The number of hydrogen-bond acceptors (Lipinski definition) is 8. The fourth-order valence-corrected chi connectivity index (χ4v) is 3.24. The predicted octanol–water partition coefficient (Wildman–Crippen LogP) is 4.98. The van der Waals surface area contributed by atoms with Gasteiger partial charge in [-0.1, -0.05) is 64.9 Å². The van der Waals surface area contributed by atoms with Crippen LogP contribution in [0.25, 0.3) is 34.3 Å². The lowest BCUT2D eigenvalue weighted by Crippen LogP contribution is -2.11. The molecule has 0 saturated heterocycles. The maximum atomic E-state index is 13.8. The standard InChI is InChI=1S/C23H15F3N4O4/c24-23(25,26)17-18(13-5-2-1-3-6-13)29-33-20(17)22-28-21(30-34-22)15-10-8-14(9-11-15)19(32)16(31)7-4-12-27/h1-3,5-6,8-11,19,32H,4,7H2. The van der Waals surface area contributed by atoms with Gasteiger partial charge >= 0.3 is 6.18 Å². The molecule has 0 saturated carbocycles. The summed E-state index contributed by atoms with van der Waals surface area (Å²) in [4.78, 5) is 15.9. The van der Waals surface area contributed by atoms with Gasteiger partial charge in [-0.15, -0.1) is 0 Å². The van der Waals surface area contributed by atoms with Crippen LogP contribution in [0.15, 0.2) is 63.6 Å². The van der Waals surface area contributed by atoms with Crippen molar-refractivity contribution in [1.29, 1.82) is 5.26 Å². The zero-order valence-corrected chi connectivity index (χ0v) is 17.3. The topological polar surface area (TPSA) is 126 Å². The van der Waals surface area contributed by atoms with E-state index in [0.29, 0.717) is 5.56 Å². The molecule has 0 fully saturated rings.